The molecule has 2 heterocycles. The molecule has 1 saturated heterocycles. The molecule has 1 aromatic carbocycles. The van der Waals surface area contributed by atoms with E-state index < -0.39 is 0 Å². The first-order valence-corrected chi connectivity index (χ1v) is 7.46. The summed E-state index contributed by atoms with van der Waals surface area (Å²) in [5.74, 6) is -0.408. The number of carbonyl (C=O) groups is 2. The van der Waals surface area contributed by atoms with Gasteiger partial charge in [-0.25, -0.2) is 0 Å². The molecule has 0 radical (unpaired) electrons. The van der Waals surface area contributed by atoms with E-state index in [1.807, 2.05) is 0 Å². The van der Waals surface area contributed by atoms with Crippen LogP contribution in [0.25, 0.3) is 0 Å². The zero-order valence-electron chi connectivity index (χ0n) is 11.9. The molecule has 2 aliphatic heterocycles. The molecule has 0 aromatic heterocycles. The lowest BCUT2D eigenvalue weighted by Gasteiger charge is -2.23. The lowest BCUT2D eigenvalue weighted by Crippen LogP contribution is -2.32. The van der Waals surface area contributed by atoms with E-state index in [4.69, 9.17) is 9.47 Å². The Morgan fingerprint density at radius 3 is 2.48 bits per heavy atom. The van der Waals surface area contributed by atoms with Gasteiger partial charge < -0.3 is 9.47 Å². The highest BCUT2D eigenvalue weighted by Crippen LogP contribution is 2.22. The van der Waals surface area contributed by atoms with Crippen LogP contribution in [0.5, 0.6) is 0 Å². The molecular formula is C16H19NO4. The van der Waals surface area contributed by atoms with Gasteiger partial charge in [0.2, 0.25) is 0 Å². The highest BCUT2D eigenvalue weighted by atomic mass is 16.7. The van der Waals surface area contributed by atoms with Gasteiger partial charge in [0.05, 0.1) is 17.7 Å². The van der Waals surface area contributed by atoms with Crippen molar-refractivity contribution in [3.63, 3.8) is 0 Å². The molecule has 2 aliphatic rings. The molecule has 2 amide bonds. The van der Waals surface area contributed by atoms with Gasteiger partial charge in [-0.3, -0.25) is 14.5 Å². The minimum Gasteiger partial charge on any atom is -0.353 e. The van der Waals surface area contributed by atoms with Crippen molar-refractivity contribution >= 4 is 11.8 Å². The maximum atomic E-state index is 12.1. The summed E-state index contributed by atoms with van der Waals surface area (Å²) in [4.78, 5) is 25.6. The van der Waals surface area contributed by atoms with Crippen LogP contribution in [0.1, 0.15) is 46.4 Å². The molecule has 0 N–H and O–H groups in total. The van der Waals surface area contributed by atoms with E-state index in [1.54, 1.807) is 24.3 Å². The Morgan fingerprint density at radius 1 is 1.14 bits per heavy atom. The van der Waals surface area contributed by atoms with Gasteiger partial charge in [-0.15, -0.1) is 0 Å². The molecule has 1 unspecified atom stereocenters. The minimum atomic E-state index is -0.204. The van der Waals surface area contributed by atoms with Gasteiger partial charge in [0.25, 0.3) is 11.8 Å². The molecule has 112 valence electrons. The molecule has 0 bridgehead atoms. The number of imide groups is 1. The second-order valence-electron chi connectivity index (χ2n) is 5.33. The van der Waals surface area contributed by atoms with Crippen LogP contribution in [0.15, 0.2) is 24.3 Å². The quantitative estimate of drug-likeness (QED) is 0.616. The second-order valence-corrected chi connectivity index (χ2v) is 5.33. The van der Waals surface area contributed by atoms with Crippen LogP contribution in [-0.4, -0.2) is 42.8 Å². The fourth-order valence-electron chi connectivity index (χ4n) is 2.72. The number of fused-ring (bicyclic) bond motifs is 1. The Bertz CT molecular complexity index is 502. The molecule has 1 fully saturated rings. The fourth-order valence-corrected chi connectivity index (χ4v) is 2.72. The monoisotopic (exact) mass is 289 g/mol. The summed E-state index contributed by atoms with van der Waals surface area (Å²) >= 11 is 0. The van der Waals surface area contributed by atoms with Gasteiger partial charge in [0.1, 0.15) is 0 Å². The summed E-state index contributed by atoms with van der Waals surface area (Å²) < 4.78 is 11.1. The Hall–Kier alpha value is -1.72. The van der Waals surface area contributed by atoms with Gasteiger partial charge in [0.15, 0.2) is 6.29 Å². The van der Waals surface area contributed by atoms with Crippen LogP contribution in [0.4, 0.5) is 0 Å². The number of benzene rings is 1. The summed E-state index contributed by atoms with van der Waals surface area (Å²) in [5, 5.41) is 0. The van der Waals surface area contributed by atoms with Gasteiger partial charge >= 0.3 is 0 Å². The second kappa shape index (κ2) is 6.37. The third kappa shape index (κ3) is 2.99. The average Bonchev–Trinajstić information content (AvgIpc) is 2.77. The molecule has 5 heteroatoms. The standard InChI is InChI=1S/C16H19NO4/c18-15-12-6-1-2-7-13(12)16(19)17(15)9-5-11-21-14-8-3-4-10-20-14/h1-2,6-7,14H,3-5,8-11H2. The Labute approximate surface area is 123 Å². The van der Waals surface area contributed by atoms with Crippen LogP contribution in [0, 0.1) is 0 Å². The first-order chi connectivity index (χ1) is 10.3. The van der Waals surface area contributed by atoms with Crippen LogP contribution in [0.2, 0.25) is 0 Å². The summed E-state index contributed by atoms with van der Waals surface area (Å²) in [6.07, 6.45) is 3.65. The van der Waals surface area contributed by atoms with Gasteiger partial charge in [0, 0.05) is 13.2 Å². The third-order valence-corrected chi connectivity index (χ3v) is 3.85. The van der Waals surface area contributed by atoms with Gasteiger partial charge in [-0.05, 0) is 37.8 Å². The Balaban J connectivity index is 1.48. The number of hydrogen-bond donors (Lipinski definition) is 0. The van der Waals surface area contributed by atoms with Crippen LogP contribution in [-0.2, 0) is 9.47 Å². The molecule has 1 atom stereocenters. The van der Waals surface area contributed by atoms with E-state index in [0.717, 1.165) is 25.9 Å². The van der Waals surface area contributed by atoms with Crippen molar-refractivity contribution in [2.45, 2.75) is 32.0 Å². The normalized spacial score (nSPS) is 21.7. The van der Waals surface area contributed by atoms with Gasteiger partial charge in [-0.1, -0.05) is 12.1 Å². The number of nitrogens with zero attached hydrogens (tertiary/aromatic N) is 1. The predicted octanol–water partition coefficient (Wildman–Crippen LogP) is 2.22. The Kier molecular flexibility index (Phi) is 4.31. The highest BCUT2D eigenvalue weighted by Gasteiger charge is 2.34. The van der Waals surface area contributed by atoms with Crippen molar-refractivity contribution in [1.29, 1.82) is 0 Å². The van der Waals surface area contributed by atoms with Crippen molar-refractivity contribution in [1.82, 2.24) is 4.90 Å². The summed E-state index contributed by atoms with van der Waals surface area (Å²) in [7, 11) is 0. The predicted molar refractivity (Wildman–Crippen MR) is 76.0 cm³/mol. The van der Waals surface area contributed by atoms with Crippen LogP contribution >= 0.6 is 0 Å². The fraction of sp³-hybridized carbons (Fsp3) is 0.500. The Morgan fingerprint density at radius 2 is 1.86 bits per heavy atom. The number of ether oxygens (including phenoxy) is 2. The van der Waals surface area contributed by atoms with Crippen molar-refractivity contribution in [2.75, 3.05) is 19.8 Å². The molecular weight excluding hydrogens is 270 g/mol. The molecule has 0 saturated carbocycles. The largest absolute Gasteiger partial charge is 0.353 e. The zero-order valence-corrected chi connectivity index (χ0v) is 11.9. The maximum Gasteiger partial charge on any atom is 0.261 e. The zero-order chi connectivity index (χ0) is 14.7. The molecule has 0 aliphatic carbocycles. The van der Waals surface area contributed by atoms with Crippen molar-refractivity contribution in [3.8, 4) is 0 Å². The number of rotatable bonds is 5. The molecule has 1 aromatic rings. The molecule has 0 spiro atoms. The maximum absolute atomic E-state index is 12.1. The van der Waals surface area contributed by atoms with E-state index in [9.17, 15) is 9.59 Å². The van der Waals surface area contributed by atoms with E-state index in [1.165, 1.54) is 4.90 Å². The first-order valence-electron chi connectivity index (χ1n) is 7.46. The van der Waals surface area contributed by atoms with E-state index in [2.05, 4.69) is 0 Å². The molecule has 5 nitrogen and oxygen atoms in total. The number of amides is 2. The van der Waals surface area contributed by atoms with E-state index in [0.29, 0.717) is 30.7 Å². The summed E-state index contributed by atoms with van der Waals surface area (Å²) in [6.45, 7) is 1.64. The number of carbonyl (C=O) groups excluding carboxylic acids is 2. The SMILES string of the molecule is O=C1c2ccccc2C(=O)N1CCCOC1CCCCO1. The summed E-state index contributed by atoms with van der Waals surface area (Å²) in [5.41, 5.74) is 0.998. The lowest BCUT2D eigenvalue weighted by molar-refractivity contribution is -0.162. The average molecular weight is 289 g/mol. The van der Waals surface area contributed by atoms with E-state index >= 15 is 0 Å². The molecule has 21 heavy (non-hydrogen) atoms. The van der Waals surface area contributed by atoms with Gasteiger partial charge in [-0.2, -0.15) is 0 Å². The van der Waals surface area contributed by atoms with Crippen molar-refractivity contribution in [3.05, 3.63) is 35.4 Å². The smallest absolute Gasteiger partial charge is 0.261 e. The number of hydrogen-bond acceptors (Lipinski definition) is 4. The lowest BCUT2D eigenvalue weighted by atomic mass is 10.1. The first kappa shape index (κ1) is 14.2. The van der Waals surface area contributed by atoms with Crippen LogP contribution < -0.4 is 0 Å². The topological polar surface area (TPSA) is 55.8 Å². The minimum absolute atomic E-state index is 0.124. The summed E-state index contributed by atoms with van der Waals surface area (Å²) in [6, 6.07) is 6.94. The van der Waals surface area contributed by atoms with Crippen molar-refractivity contribution in [2.24, 2.45) is 0 Å². The highest BCUT2D eigenvalue weighted by molar-refractivity contribution is 6.21. The van der Waals surface area contributed by atoms with Crippen LogP contribution in [0.3, 0.4) is 0 Å². The van der Waals surface area contributed by atoms with Crippen molar-refractivity contribution < 1.29 is 19.1 Å². The molecule has 3 rings (SSSR count). The van der Waals surface area contributed by atoms with E-state index in [-0.39, 0.29) is 18.1 Å². The third-order valence-electron chi connectivity index (χ3n) is 3.85.